The summed E-state index contributed by atoms with van der Waals surface area (Å²) < 4.78 is 5.78. The van der Waals surface area contributed by atoms with Gasteiger partial charge in [-0.05, 0) is 36.6 Å². The van der Waals surface area contributed by atoms with Gasteiger partial charge in [0.1, 0.15) is 6.04 Å². The van der Waals surface area contributed by atoms with Gasteiger partial charge in [-0.15, -0.1) is 0 Å². The van der Waals surface area contributed by atoms with Gasteiger partial charge in [0.05, 0.1) is 18.8 Å². The molecule has 2 saturated heterocycles. The molecular weight excluding hydrogens is 404 g/mol. The van der Waals surface area contributed by atoms with Crippen LogP contribution in [0.25, 0.3) is 11.1 Å². The van der Waals surface area contributed by atoms with Crippen molar-refractivity contribution in [2.45, 2.75) is 38.5 Å². The zero-order chi connectivity index (χ0) is 22.7. The molecular formula is C25H32N4O3. The molecule has 0 saturated carbocycles. The second-order valence-corrected chi connectivity index (χ2v) is 8.96. The lowest BCUT2D eigenvalue weighted by Crippen LogP contribution is -2.60. The van der Waals surface area contributed by atoms with Crippen molar-refractivity contribution in [3.05, 3.63) is 54.4 Å². The van der Waals surface area contributed by atoms with Crippen LogP contribution in [-0.2, 0) is 20.7 Å². The van der Waals surface area contributed by atoms with Crippen LogP contribution in [0.1, 0.15) is 19.4 Å². The van der Waals surface area contributed by atoms with Crippen molar-refractivity contribution in [1.29, 1.82) is 0 Å². The third-order valence-corrected chi connectivity index (χ3v) is 6.27. The molecule has 7 nitrogen and oxygen atoms in total. The van der Waals surface area contributed by atoms with E-state index in [0.29, 0.717) is 26.1 Å². The Bertz CT molecular complexity index is 924. The van der Waals surface area contributed by atoms with Crippen molar-refractivity contribution in [3.63, 3.8) is 0 Å². The Morgan fingerprint density at radius 3 is 2.44 bits per heavy atom. The highest BCUT2D eigenvalue weighted by Crippen LogP contribution is 2.22. The van der Waals surface area contributed by atoms with Crippen LogP contribution in [0.3, 0.4) is 0 Å². The summed E-state index contributed by atoms with van der Waals surface area (Å²) in [7, 11) is 1.81. The van der Waals surface area contributed by atoms with Crippen LogP contribution in [0.5, 0.6) is 0 Å². The fraction of sp³-hybridized carbons (Fsp3) is 0.480. The van der Waals surface area contributed by atoms with Gasteiger partial charge in [-0.1, -0.05) is 30.3 Å². The Labute approximate surface area is 190 Å². The van der Waals surface area contributed by atoms with Gasteiger partial charge < -0.3 is 14.5 Å². The molecule has 3 atom stereocenters. The van der Waals surface area contributed by atoms with Gasteiger partial charge in [0.25, 0.3) is 0 Å². The van der Waals surface area contributed by atoms with E-state index in [-0.39, 0.29) is 24.0 Å². The van der Waals surface area contributed by atoms with Crippen molar-refractivity contribution in [2.75, 3.05) is 39.8 Å². The lowest BCUT2D eigenvalue weighted by molar-refractivity contribution is -0.152. The summed E-state index contributed by atoms with van der Waals surface area (Å²) in [6.07, 6.45) is 4.32. The first-order valence-electron chi connectivity index (χ1n) is 11.3. The number of morpholine rings is 1. The molecule has 0 aliphatic carbocycles. The summed E-state index contributed by atoms with van der Waals surface area (Å²) in [5, 5.41) is 0. The van der Waals surface area contributed by atoms with Crippen molar-refractivity contribution in [2.24, 2.45) is 0 Å². The highest BCUT2D eigenvalue weighted by atomic mass is 16.5. The second kappa shape index (κ2) is 9.79. The van der Waals surface area contributed by atoms with E-state index in [1.807, 2.05) is 63.5 Å². The number of carbonyl (C=O) groups excluding carboxylic acids is 2. The fourth-order valence-corrected chi connectivity index (χ4v) is 4.69. The summed E-state index contributed by atoms with van der Waals surface area (Å²) >= 11 is 0. The van der Waals surface area contributed by atoms with Gasteiger partial charge >= 0.3 is 0 Å². The maximum atomic E-state index is 13.2. The minimum absolute atomic E-state index is 0.00431. The molecule has 1 aromatic heterocycles. The summed E-state index contributed by atoms with van der Waals surface area (Å²) in [6, 6.07) is 11.6. The van der Waals surface area contributed by atoms with Gasteiger partial charge in [0.15, 0.2) is 0 Å². The predicted octanol–water partition coefficient (Wildman–Crippen LogP) is 2.07. The number of pyridine rings is 1. The standard InChI is InChI=1S/C25H32N4O3/c1-18-15-28(16-19(2)32-18)17-24(30)29-12-11-27(3)25(31)23(29)13-20-6-8-21(9-7-20)22-5-4-10-26-14-22/h4-10,14,18-19,23H,11-13,15-17H2,1-3H3/t18-,19+,23-/m0/s1. The molecule has 2 aliphatic heterocycles. The molecule has 2 fully saturated rings. The Kier molecular flexibility index (Phi) is 6.86. The zero-order valence-electron chi connectivity index (χ0n) is 19.1. The van der Waals surface area contributed by atoms with Crippen LogP contribution in [0.4, 0.5) is 0 Å². The fourth-order valence-electron chi connectivity index (χ4n) is 4.69. The van der Waals surface area contributed by atoms with Crippen molar-refractivity contribution < 1.29 is 14.3 Å². The van der Waals surface area contributed by atoms with Crippen molar-refractivity contribution in [1.82, 2.24) is 19.7 Å². The summed E-state index contributed by atoms with van der Waals surface area (Å²) in [5.74, 6) is 0.0226. The van der Waals surface area contributed by atoms with Gasteiger partial charge in [-0.25, -0.2) is 0 Å². The van der Waals surface area contributed by atoms with E-state index in [9.17, 15) is 9.59 Å². The monoisotopic (exact) mass is 436 g/mol. The van der Waals surface area contributed by atoms with E-state index < -0.39 is 6.04 Å². The maximum Gasteiger partial charge on any atom is 0.245 e. The minimum atomic E-state index is -0.471. The number of nitrogens with zero attached hydrogens (tertiary/aromatic N) is 4. The molecule has 2 amide bonds. The lowest BCUT2D eigenvalue weighted by Gasteiger charge is -2.41. The molecule has 0 N–H and O–H groups in total. The number of aromatic nitrogens is 1. The number of carbonyl (C=O) groups is 2. The van der Waals surface area contributed by atoms with Crippen LogP contribution in [0.2, 0.25) is 0 Å². The average Bonchev–Trinajstić information content (AvgIpc) is 2.77. The van der Waals surface area contributed by atoms with Crippen LogP contribution in [-0.4, -0.2) is 89.5 Å². The largest absolute Gasteiger partial charge is 0.373 e. The molecule has 0 radical (unpaired) electrons. The van der Waals surface area contributed by atoms with Crippen LogP contribution in [0, 0.1) is 0 Å². The van der Waals surface area contributed by atoms with E-state index in [1.54, 1.807) is 16.0 Å². The molecule has 7 heteroatoms. The predicted molar refractivity (Wildman–Crippen MR) is 123 cm³/mol. The minimum Gasteiger partial charge on any atom is -0.373 e. The first-order chi connectivity index (χ1) is 15.4. The van der Waals surface area contributed by atoms with E-state index >= 15 is 0 Å². The van der Waals surface area contributed by atoms with E-state index in [0.717, 1.165) is 29.8 Å². The van der Waals surface area contributed by atoms with E-state index in [1.165, 1.54) is 0 Å². The molecule has 3 heterocycles. The SMILES string of the molecule is C[C@@H]1CN(CC(=O)N2CCN(C)C(=O)[C@@H]2Cc2ccc(-c3cccnc3)cc2)C[C@H](C)O1. The second-order valence-electron chi connectivity index (χ2n) is 8.96. The van der Waals surface area contributed by atoms with Gasteiger partial charge in [0, 0.05) is 52.0 Å². The molecule has 2 aromatic rings. The third-order valence-electron chi connectivity index (χ3n) is 6.27. The molecule has 1 aromatic carbocycles. The first kappa shape index (κ1) is 22.4. The third kappa shape index (κ3) is 5.16. The molecule has 0 unspecified atom stereocenters. The van der Waals surface area contributed by atoms with Gasteiger partial charge in [0.2, 0.25) is 11.8 Å². The Balaban J connectivity index is 1.47. The van der Waals surface area contributed by atoms with E-state index in [2.05, 4.69) is 9.88 Å². The summed E-state index contributed by atoms with van der Waals surface area (Å²) in [6.45, 7) is 6.99. The number of likely N-dealkylation sites (N-methyl/N-ethyl adjacent to an activating group) is 1. The number of benzene rings is 1. The lowest BCUT2D eigenvalue weighted by atomic mass is 9.98. The maximum absolute atomic E-state index is 13.2. The van der Waals surface area contributed by atoms with Crippen LogP contribution >= 0.6 is 0 Å². The number of hydrogen-bond donors (Lipinski definition) is 0. The quantitative estimate of drug-likeness (QED) is 0.718. The number of ether oxygens (including phenoxy) is 1. The molecule has 0 spiro atoms. The normalized spacial score (nSPS) is 24.6. The molecule has 0 bridgehead atoms. The topological polar surface area (TPSA) is 66.0 Å². The smallest absolute Gasteiger partial charge is 0.245 e. The van der Waals surface area contributed by atoms with Gasteiger partial charge in [-0.3, -0.25) is 19.5 Å². The average molecular weight is 437 g/mol. The number of piperazine rings is 1. The van der Waals surface area contributed by atoms with Gasteiger partial charge in [-0.2, -0.15) is 0 Å². The Hall–Kier alpha value is -2.77. The molecule has 170 valence electrons. The first-order valence-corrected chi connectivity index (χ1v) is 11.3. The molecule has 2 aliphatic rings. The number of rotatable bonds is 5. The van der Waals surface area contributed by atoms with E-state index in [4.69, 9.17) is 4.74 Å². The summed E-state index contributed by atoms with van der Waals surface area (Å²) in [5.41, 5.74) is 3.17. The molecule has 32 heavy (non-hydrogen) atoms. The zero-order valence-corrected chi connectivity index (χ0v) is 19.1. The summed E-state index contributed by atoms with van der Waals surface area (Å²) in [4.78, 5) is 36.1. The van der Waals surface area contributed by atoms with Crippen LogP contribution in [0.15, 0.2) is 48.8 Å². The van der Waals surface area contributed by atoms with Crippen molar-refractivity contribution >= 4 is 11.8 Å². The Morgan fingerprint density at radius 2 is 1.78 bits per heavy atom. The van der Waals surface area contributed by atoms with Crippen molar-refractivity contribution in [3.8, 4) is 11.1 Å². The highest BCUT2D eigenvalue weighted by Gasteiger charge is 2.37. The number of amides is 2. The molecule has 4 rings (SSSR count). The van der Waals surface area contributed by atoms with Crippen LogP contribution < -0.4 is 0 Å². The number of hydrogen-bond acceptors (Lipinski definition) is 5. The highest BCUT2D eigenvalue weighted by molar-refractivity contribution is 5.89. The Morgan fingerprint density at radius 1 is 1.06 bits per heavy atom.